The molecule has 0 fully saturated rings. The number of hydrogen-bond donors (Lipinski definition) is 2. The van der Waals surface area contributed by atoms with Gasteiger partial charge in [0.15, 0.2) is 0 Å². The van der Waals surface area contributed by atoms with E-state index in [4.69, 9.17) is 14.9 Å². The quantitative estimate of drug-likeness (QED) is 0.179. The van der Waals surface area contributed by atoms with Crippen molar-refractivity contribution in [2.45, 2.75) is 135 Å². The maximum Gasteiger partial charge on any atom is 0.305 e. The lowest BCUT2D eigenvalue weighted by molar-refractivity contribution is -0.144. The van der Waals surface area contributed by atoms with Crippen LogP contribution in [0.5, 0.6) is 0 Å². The van der Waals surface area contributed by atoms with Crippen LogP contribution in [0.3, 0.4) is 0 Å². The topological polar surface area (TPSA) is 115 Å². The summed E-state index contributed by atoms with van der Waals surface area (Å²) in [6.07, 6.45) is 31.3. The molecule has 4 N–H and O–H groups in total. The van der Waals surface area contributed by atoms with Crippen molar-refractivity contribution < 1.29 is 30.0 Å². The first-order valence-corrected chi connectivity index (χ1v) is 13.9. The zero-order valence-electron chi connectivity index (χ0n) is 22.2. The number of aliphatic carboxylic acids is 1. The summed E-state index contributed by atoms with van der Waals surface area (Å²) < 4.78 is 5.22. The van der Waals surface area contributed by atoms with Gasteiger partial charge in [-0.15, -0.1) is 0 Å². The first kappa shape index (κ1) is 35.5. The van der Waals surface area contributed by atoms with E-state index >= 15 is 0 Å². The highest BCUT2D eigenvalue weighted by Gasteiger charge is 2.02. The Bertz CT molecular complexity index is 515. The van der Waals surface area contributed by atoms with Gasteiger partial charge in [0.1, 0.15) is 0 Å². The molecule has 0 amide bonds. The molecule has 0 aliphatic carbocycles. The molecule has 0 saturated heterocycles. The van der Waals surface area contributed by atoms with Crippen LogP contribution in [0.25, 0.3) is 0 Å². The van der Waals surface area contributed by atoms with Crippen molar-refractivity contribution in [2.24, 2.45) is 0 Å². The number of esters is 1. The van der Waals surface area contributed by atoms with Gasteiger partial charge in [-0.25, -0.2) is 0 Å². The molecule has 6 nitrogen and oxygen atoms in total. The number of rotatable bonds is 11. The van der Waals surface area contributed by atoms with Crippen molar-refractivity contribution in [1.29, 1.82) is 0 Å². The average Bonchev–Trinajstić information content (AvgIpc) is 2.82. The van der Waals surface area contributed by atoms with E-state index in [-0.39, 0.29) is 18.1 Å². The van der Waals surface area contributed by atoms with Crippen molar-refractivity contribution in [1.82, 2.24) is 0 Å². The zero-order valence-corrected chi connectivity index (χ0v) is 22.2. The van der Waals surface area contributed by atoms with E-state index in [0.29, 0.717) is 19.4 Å². The molecule has 0 saturated carbocycles. The Morgan fingerprint density at radius 1 is 0.771 bits per heavy atom. The van der Waals surface area contributed by atoms with Crippen molar-refractivity contribution >= 4 is 11.9 Å². The molecule has 0 spiro atoms. The third kappa shape index (κ3) is 32.3. The van der Waals surface area contributed by atoms with Crippen LogP contribution < -0.4 is 0 Å². The first-order valence-electron chi connectivity index (χ1n) is 13.9. The maximum absolute atomic E-state index is 11.4. The van der Waals surface area contributed by atoms with Gasteiger partial charge in [0, 0.05) is 19.4 Å². The van der Waals surface area contributed by atoms with Crippen LogP contribution in [0.2, 0.25) is 0 Å². The normalized spacial score (nSPS) is 17.3. The number of allylic oxidation sites excluding steroid dienone is 4. The summed E-state index contributed by atoms with van der Waals surface area (Å²) in [6, 6.07) is 0. The fourth-order valence-electron chi connectivity index (χ4n) is 3.78. The van der Waals surface area contributed by atoms with E-state index in [0.717, 1.165) is 70.6 Å². The second kappa shape index (κ2) is 30.4. The Labute approximate surface area is 214 Å². The van der Waals surface area contributed by atoms with Crippen LogP contribution in [-0.2, 0) is 14.3 Å². The molecule has 0 aromatic rings. The van der Waals surface area contributed by atoms with Crippen LogP contribution in [0.4, 0.5) is 0 Å². The second-order valence-electron chi connectivity index (χ2n) is 9.24. The Balaban J connectivity index is 0. The second-order valence-corrected chi connectivity index (χ2v) is 9.24. The van der Waals surface area contributed by atoms with Crippen molar-refractivity contribution in [3.63, 3.8) is 0 Å². The molecule has 206 valence electrons. The van der Waals surface area contributed by atoms with Gasteiger partial charge in [-0.05, 0) is 77.0 Å². The number of hydrogen-bond acceptors (Lipinski definition) is 4. The predicted octanol–water partition coefficient (Wildman–Crippen LogP) is 7.09. The van der Waals surface area contributed by atoms with Gasteiger partial charge in [-0.1, -0.05) is 69.2 Å². The molecule has 35 heavy (non-hydrogen) atoms. The fraction of sp³-hybridized carbons (Fsp3) is 0.793. The number of carbonyl (C=O) groups is 2. The van der Waals surface area contributed by atoms with Gasteiger partial charge in [0.05, 0.1) is 6.61 Å². The van der Waals surface area contributed by atoms with Crippen LogP contribution in [-0.4, -0.2) is 40.8 Å². The number of cyclic esters (lactones) is 1. The smallest absolute Gasteiger partial charge is 0.305 e. The molecule has 0 unspecified atom stereocenters. The average molecular weight is 499 g/mol. The molecular formula is C29H54O6. The van der Waals surface area contributed by atoms with Crippen LogP contribution in [0.15, 0.2) is 24.3 Å². The van der Waals surface area contributed by atoms with Crippen molar-refractivity contribution in [3.05, 3.63) is 24.3 Å². The monoisotopic (exact) mass is 498 g/mol. The number of carboxylic acids is 1. The largest absolute Gasteiger partial charge is 0.481 e. The molecule has 1 aliphatic rings. The van der Waals surface area contributed by atoms with E-state index in [9.17, 15) is 9.59 Å². The highest BCUT2D eigenvalue weighted by molar-refractivity contribution is 5.69. The first-order chi connectivity index (χ1) is 16.7. The summed E-state index contributed by atoms with van der Waals surface area (Å²) in [4.78, 5) is 21.6. The van der Waals surface area contributed by atoms with Gasteiger partial charge >= 0.3 is 11.9 Å². The number of aliphatic hydroxyl groups excluding tert-OH is 1. The molecular weight excluding hydrogens is 444 g/mol. The van der Waals surface area contributed by atoms with Gasteiger partial charge < -0.3 is 20.4 Å². The summed E-state index contributed by atoms with van der Waals surface area (Å²) in [5.74, 6) is -0.692. The number of carbonyl (C=O) groups excluding carboxylic acids is 1. The molecule has 1 heterocycles. The summed E-state index contributed by atoms with van der Waals surface area (Å²) in [5.41, 5.74) is 0. The molecule has 0 aromatic carbocycles. The van der Waals surface area contributed by atoms with Gasteiger partial charge in [-0.2, -0.15) is 0 Å². The van der Waals surface area contributed by atoms with E-state index < -0.39 is 5.97 Å². The molecule has 0 atom stereocenters. The standard InChI is InChI=1S/C16H28O2.C13H24O3.H2O/c17-16-14-12-10-8-6-4-2-1-3-5-7-9-11-13-15-18-16;14-12-10-8-6-4-2-1-3-5-7-9-11-13(15)16;/h1-2H,3-15H2;2,4,14H,1,3,5-12H2,(H,15,16);1H2/b2-1+;4-2+;. The highest BCUT2D eigenvalue weighted by Crippen LogP contribution is 2.10. The molecule has 0 aromatic heterocycles. The Morgan fingerprint density at radius 2 is 1.31 bits per heavy atom. The van der Waals surface area contributed by atoms with E-state index in [1.807, 2.05) is 0 Å². The minimum absolute atomic E-state index is 0. The zero-order chi connectivity index (χ0) is 25.0. The van der Waals surface area contributed by atoms with Gasteiger partial charge in [0.2, 0.25) is 0 Å². The minimum Gasteiger partial charge on any atom is -0.481 e. The third-order valence-corrected chi connectivity index (χ3v) is 5.90. The Kier molecular flexibility index (Phi) is 30.8. The fourth-order valence-corrected chi connectivity index (χ4v) is 3.78. The predicted molar refractivity (Wildman–Crippen MR) is 145 cm³/mol. The summed E-state index contributed by atoms with van der Waals surface area (Å²) in [5, 5.41) is 17.0. The highest BCUT2D eigenvalue weighted by atomic mass is 16.5. The van der Waals surface area contributed by atoms with Crippen LogP contribution in [0.1, 0.15) is 135 Å². The van der Waals surface area contributed by atoms with Crippen LogP contribution >= 0.6 is 0 Å². The number of aliphatic hydroxyl groups is 1. The van der Waals surface area contributed by atoms with E-state index in [1.165, 1.54) is 51.4 Å². The van der Waals surface area contributed by atoms with Gasteiger partial charge in [0.25, 0.3) is 0 Å². The third-order valence-electron chi connectivity index (χ3n) is 5.90. The molecule has 0 radical (unpaired) electrons. The van der Waals surface area contributed by atoms with Crippen LogP contribution in [0, 0.1) is 0 Å². The molecule has 1 aliphatic heterocycles. The minimum atomic E-state index is -0.691. The van der Waals surface area contributed by atoms with Crippen molar-refractivity contribution in [2.75, 3.05) is 13.2 Å². The number of unbranched alkanes of at least 4 members (excludes halogenated alkanes) is 6. The van der Waals surface area contributed by atoms with Gasteiger partial charge in [-0.3, -0.25) is 9.59 Å². The number of ether oxygens (including phenoxy) is 1. The van der Waals surface area contributed by atoms with E-state index in [2.05, 4.69) is 24.3 Å². The Hall–Kier alpha value is -1.66. The molecule has 1 rings (SSSR count). The summed E-state index contributed by atoms with van der Waals surface area (Å²) in [7, 11) is 0. The lowest BCUT2D eigenvalue weighted by Crippen LogP contribution is -2.05. The lowest BCUT2D eigenvalue weighted by Gasteiger charge is -2.04. The summed E-state index contributed by atoms with van der Waals surface area (Å²) in [6.45, 7) is 0.913. The lowest BCUT2D eigenvalue weighted by atomic mass is 10.1. The van der Waals surface area contributed by atoms with E-state index in [1.54, 1.807) is 0 Å². The molecule has 0 bridgehead atoms. The molecule has 6 heteroatoms. The van der Waals surface area contributed by atoms with Crippen molar-refractivity contribution in [3.8, 4) is 0 Å². The summed E-state index contributed by atoms with van der Waals surface area (Å²) >= 11 is 0. The maximum atomic E-state index is 11.4. The Morgan fingerprint density at radius 3 is 1.94 bits per heavy atom. The number of carboxylic acid groups (broad SMARTS) is 1. The SMILES string of the molecule is O.O=C(O)CCCCCC/C=C/CCCCO.O=C1CCCCCC/C=C/CCCCCCCO1.